The van der Waals surface area contributed by atoms with Crippen molar-refractivity contribution >= 4 is 17.8 Å². The van der Waals surface area contributed by atoms with Gasteiger partial charge in [0.15, 0.2) is 11.4 Å². The Morgan fingerprint density at radius 2 is 1.69 bits per heavy atom. The van der Waals surface area contributed by atoms with E-state index in [1.165, 1.54) is 6.08 Å². The zero-order chi connectivity index (χ0) is 25.6. The molecule has 0 bridgehead atoms. The lowest BCUT2D eigenvalue weighted by Crippen LogP contribution is -2.79. The van der Waals surface area contributed by atoms with E-state index < -0.39 is 46.6 Å². The monoisotopic (exact) mass is 482 g/mol. The van der Waals surface area contributed by atoms with Gasteiger partial charge < -0.3 is 20.1 Å². The van der Waals surface area contributed by atoms with Crippen molar-refractivity contribution in [1.82, 2.24) is 0 Å². The molecule has 0 spiro atoms. The molecule has 0 radical (unpaired) electrons. The topological polar surface area (TPSA) is 104 Å². The van der Waals surface area contributed by atoms with Crippen LogP contribution >= 0.6 is 0 Å². The Balaban J connectivity index is 1.56. The number of benzene rings is 1. The minimum atomic E-state index is -1.63. The van der Waals surface area contributed by atoms with Crippen LogP contribution < -0.4 is 0 Å². The first kappa shape index (κ1) is 24.7. The van der Waals surface area contributed by atoms with E-state index in [4.69, 9.17) is 4.74 Å². The summed E-state index contributed by atoms with van der Waals surface area (Å²) >= 11 is 0. The third kappa shape index (κ3) is 2.99. The van der Waals surface area contributed by atoms with Crippen molar-refractivity contribution in [1.29, 1.82) is 0 Å². The number of carbonyl (C=O) groups excluding carboxylic acids is 2. The summed E-state index contributed by atoms with van der Waals surface area (Å²) in [6.07, 6.45) is 1.79. The molecule has 0 aromatic heterocycles. The highest BCUT2D eigenvalue weighted by Crippen LogP contribution is 2.73. The Morgan fingerprint density at radius 3 is 2.34 bits per heavy atom. The molecule has 4 aliphatic carbocycles. The van der Waals surface area contributed by atoms with Crippen LogP contribution in [-0.4, -0.2) is 51.0 Å². The summed E-state index contributed by atoms with van der Waals surface area (Å²) < 4.78 is 6.03. The maximum atomic E-state index is 14.6. The van der Waals surface area contributed by atoms with Crippen LogP contribution in [0.2, 0.25) is 0 Å². The Hall–Kier alpha value is -2.02. The molecule has 4 fully saturated rings. The summed E-state index contributed by atoms with van der Waals surface area (Å²) in [4.78, 5) is 27.7. The summed E-state index contributed by atoms with van der Waals surface area (Å²) in [7, 11) is 0. The van der Waals surface area contributed by atoms with Crippen molar-refractivity contribution in [3.05, 3.63) is 42.0 Å². The van der Waals surface area contributed by atoms with Crippen LogP contribution in [0.4, 0.5) is 0 Å². The van der Waals surface area contributed by atoms with Crippen molar-refractivity contribution in [3.8, 4) is 0 Å². The van der Waals surface area contributed by atoms with Gasteiger partial charge in [-0.15, -0.1) is 0 Å². The molecular weight excluding hydrogens is 444 g/mol. The third-order valence-corrected chi connectivity index (χ3v) is 10.8. The fourth-order valence-corrected chi connectivity index (χ4v) is 8.46. The van der Waals surface area contributed by atoms with Gasteiger partial charge in [-0.05, 0) is 48.2 Å². The Morgan fingerprint density at radius 1 is 1.03 bits per heavy atom. The number of carbonyl (C=O) groups is 2. The number of hydrogen-bond donors (Lipinski definition) is 3. The molecule has 5 rings (SSSR count). The van der Waals surface area contributed by atoms with Crippen molar-refractivity contribution in [2.75, 3.05) is 0 Å². The Labute approximate surface area is 207 Å². The zero-order valence-corrected chi connectivity index (χ0v) is 21.3. The smallest absolute Gasteiger partial charge is 0.331 e. The molecule has 35 heavy (non-hydrogen) atoms. The van der Waals surface area contributed by atoms with Gasteiger partial charge in [-0.2, -0.15) is 0 Å². The predicted octanol–water partition coefficient (Wildman–Crippen LogP) is 3.38. The first-order chi connectivity index (χ1) is 16.3. The fourth-order valence-electron chi connectivity index (χ4n) is 8.46. The largest absolute Gasteiger partial charge is 0.447 e. The molecule has 0 aliphatic heterocycles. The van der Waals surface area contributed by atoms with E-state index in [0.29, 0.717) is 6.42 Å². The van der Waals surface area contributed by atoms with Gasteiger partial charge in [-0.3, -0.25) is 4.79 Å². The van der Waals surface area contributed by atoms with E-state index in [9.17, 15) is 24.9 Å². The van der Waals surface area contributed by atoms with Gasteiger partial charge in [0.1, 0.15) is 0 Å². The molecule has 6 heteroatoms. The summed E-state index contributed by atoms with van der Waals surface area (Å²) in [6, 6.07) is 9.32. The number of fused-ring (bicyclic) bond motifs is 4. The standard InChI is InChI=1S/C29H38O6/c1-16-15-29(35-19(30)12-11-17-9-7-6-8-10-17)21(22(16)31)24(33)27(4)14-13-18-20(23(32)26(18,2)3)28(27,5)25(29)34/h6-12,16,18,20-24,31-33H,13-15H2,1-5H3. The molecule has 190 valence electrons. The van der Waals surface area contributed by atoms with Gasteiger partial charge in [-0.25, -0.2) is 4.79 Å². The molecule has 10 unspecified atom stereocenters. The maximum Gasteiger partial charge on any atom is 0.331 e. The average molecular weight is 483 g/mol. The highest BCUT2D eigenvalue weighted by Gasteiger charge is 2.80. The normalized spacial score (nSPS) is 48.0. The van der Waals surface area contributed by atoms with Crippen LogP contribution in [-0.2, 0) is 14.3 Å². The fraction of sp³-hybridized carbons (Fsp3) is 0.655. The van der Waals surface area contributed by atoms with Gasteiger partial charge >= 0.3 is 5.97 Å². The highest BCUT2D eigenvalue weighted by molar-refractivity contribution is 5.99. The Kier molecular flexibility index (Phi) is 5.45. The molecule has 6 nitrogen and oxygen atoms in total. The summed E-state index contributed by atoms with van der Waals surface area (Å²) in [5.41, 5.74) is -3.06. The zero-order valence-electron chi connectivity index (χ0n) is 21.3. The molecule has 4 saturated carbocycles. The van der Waals surface area contributed by atoms with E-state index in [-0.39, 0.29) is 35.4 Å². The number of rotatable bonds is 3. The third-order valence-electron chi connectivity index (χ3n) is 10.8. The number of aliphatic hydroxyl groups excluding tert-OH is 3. The molecule has 10 atom stereocenters. The highest BCUT2D eigenvalue weighted by atomic mass is 16.6. The molecule has 0 amide bonds. The minimum absolute atomic E-state index is 0.137. The molecule has 1 aromatic rings. The molecular formula is C29H38O6. The van der Waals surface area contributed by atoms with Gasteiger partial charge in [0.25, 0.3) is 0 Å². The van der Waals surface area contributed by atoms with Crippen LogP contribution in [0.25, 0.3) is 6.08 Å². The summed E-state index contributed by atoms with van der Waals surface area (Å²) in [5.74, 6) is -2.35. The molecule has 4 aliphatic rings. The molecule has 0 heterocycles. The predicted molar refractivity (Wildman–Crippen MR) is 131 cm³/mol. The van der Waals surface area contributed by atoms with Crippen LogP contribution in [0.3, 0.4) is 0 Å². The number of ketones is 1. The van der Waals surface area contributed by atoms with E-state index in [2.05, 4.69) is 0 Å². The first-order valence-corrected chi connectivity index (χ1v) is 12.9. The second-order valence-electron chi connectivity index (χ2n) is 12.6. The molecule has 1 aromatic carbocycles. The van der Waals surface area contributed by atoms with Gasteiger partial charge in [0.05, 0.1) is 24.2 Å². The average Bonchev–Trinajstić information content (AvgIpc) is 3.08. The molecule has 0 saturated heterocycles. The maximum absolute atomic E-state index is 14.6. The minimum Gasteiger partial charge on any atom is -0.447 e. The van der Waals surface area contributed by atoms with Crippen LogP contribution in [0.15, 0.2) is 36.4 Å². The summed E-state index contributed by atoms with van der Waals surface area (Å²) in [6.45, 7) is 9.66. The van der Waals surface area contributed by atoms with Crippen LogP contribution in [0.5, 0.6) is 0 Å². The molecule has 3 N–H and O–H groups in total. The number of aliphatic hydroxyl groups is 3. The van der Waals surface area contributed by atoms with Crippen LogP contribution in [0.1, 0.15) is 59.4 Å². The Bertz CT molecular complexity index is 1060. The lowest BCUT2D eigenvalue weighted by molar-refractivity contribution is -0.294. The van der Waals surface area contributed by atoms with Crippen molar-refractivity contribution in [3.63, 3.8) is 0 Å². The second-order valence-corrected chi connectivity index (χ2v) is 12.6. The van der Waals surface area contributed by atoms with Gasteiger partial charge in [0, 0.05) is 22.8 Å². The number of esters is 1. The van der Waals surface area contributed by atoms with Crippen molar-refractivity contribution < 1.29 is 29.6 Å². The van der Waals surface area contributed by atoms with Crippen molar-refractivity contribution in [2.45, 2.75) is 77.8 Å². The number of ether oxygens (including phenoxy) is 1. The van der Waals surface area contributed by atoms with Crippen molar-refractivity contribution in [2.24, 2.45) is 39.9 Å². The lowest BCUT2D eigenvalue weighted by Gasteiger charge is -2.72. The second kappa shape index (κ2) is 7.74. The first-order valence-electron chi connectivity index (χ1n) is 12.9. The number of hydrogen-bond acceptors (Lipinski definition) is 6. The number of Topliss-reactive ketones (excluding diaryl/α,β-unsaturated/α-hetero) is 1. The van der Waals surface area contributed by atoms with E-state index in [1.54, 1.807) is 6.08 Å². The lowest BCUT2D eigenvalue weighted by atomic mass is 9.32. The van der Waals surface area contributed by atoms with Gasteiger partial charge in [0.2, 0.25) is 0 Å². The van der Waals surface area contributed by atoms with E-state index >= 15 is 0 Å². The van der Waals surface area contributed by atoms with E-state index in [1.807, 2.05) is 65.0 Å². The summed E-state index contributed by atoms with van der Waals surface area (Å²) in [5, 5.41) is 34.2. The van der Waals surface area contributed by atoms with E-state index in [0.717, 1.165) is 12.0 Å². The quantitative estimate of drug-likeness (QED) is 0.451. The van der Waals surface area contributed by atoms with Crippen LogP contribution in [0, 0.1) is 39.9 Å². The van der Waals surface area contributed by atoms with Gasteiger partial charge in [-0.1, -0.05) is 65.0 Å². The SMILES string of the molecule is CC1CC2(OC(=O)C=Cc3ccccc3)C(=O)C3(C)C4C(O)C(C)(C)C4CCC3(C)C(O)C2C1O.